The molecule has 1 amide bonds. The van der Waals surface area contributed by atoms with Gasteiger partial charge in [-0.3, -0.25) is 0 Å². The highest BCUT2D eigenvalue weighted by Crippen LogP contribution is 2.40. The normalized spacial score (nSPS) is 28.4. The Balaban J connectivity index is 1.12. The Morgan fingerprint density at radius 3 is 1.52 bits per heavy atom. The fourth-order valence-electron chi connectivity index (χ4n) is 9.96. The van der Waals surface area contributed by atoms with Crippen LogP contribution in [-0.2, 0) is 98.6 Å². The maximum atomic E-state index is 14.2. The van der Waals surface area contributed by atoms with Crippen LogP contribution in [0, 0.1) is 11.8 Å². The molecule has 0 aromatic heterocycles. The van der Waals surface area contributed by atoms with Crippen LogP contribution in [0.2, 0.25) is 0 Å². The van der Waals surface area contributed by atoms with Gasteiger partial charge < -0.3 is 62.2 Å². The molecule has 3 saturated heterocycles. The number of esters is 2. The molecule has 3 aliphatic heterocycles. The van der Waals surface area contributed by atoms with Gasteiger partial charge in [0.2, 0.25) is 0 Å². The van der Waals surface area contributed by atoms with E-state index in [1.165, 1.54) is 14.2 Å². The Labute approximate surface area is 470 Å². The van der Waals surface area contributed by atoms with Crippen molar-refractivity contribution in [3.05, 3.63) is 190 Å². The number of carbonyl (C=O) groups excluding carboxylic acids is 3. The molecule has 20 heteroatoms. The number of benzene rings is 5. The van der Waals surface area contributed by atoms with Crippen LogP contribution in [0.25, 0.3) is 10.4 Å². The molecule has 0 spiro atoms. The fourth-order valence-corrected chi connectivity index (χ4v) is 10.7. The van der Waals surface area contributed by atoms with Gasteiger partial charge in [0.25, 0.3) is 0 Å². The molecule has 15 atom stereocenters. The molecular formula is C60H70N4O15S. The van der Waals surface area contributed by atoms with Crippen molar-refractivity contribution in [2.45, 2.75) is 133 Å². The van der Waals surface area contributed by atoms with Crippen molar-refractivity contribution in [3.63, 3.8) is 0 Å². The molecule has 5 aromatic carbocycles. The number of nitrogens with one attached hydrogen (secondary N) is 1. The van der Waals surface area contributed by atoms with Gasteiger partial charge in [-0.25, -0.2) is 14.4 Å². The van der Waals surface area contributed by atoms with E-state index in [9.17, 15) is 19.9 Å². The minimum atomic E-state index is -1.52. The highest BCUT2D eigenvalue weighted by atomic mass is 32.2. The molecule has 80 heavy (non-hydrogen) atoms. The summed E-state index contributed by atoms with van der Waals surface area (Å²) in [7, 11) is 2.48. The van der Waals surface area contributed by atoms with Crippen LogP contribution in [0.15, 0.2) is 157 Å². The van der Waals surface area contributed by atoms with E-state index in [1.807, 2.05) is 146 Å². The smallest absolute Gasteiger partial charge is 0.407 e. The first-order valence-electron chi connectivity index (χ1n) is 26.7. The maximum absolute atomic E-state index is 14.2. The SMILES string of the molecule is COC(=O)C1O[C@H](O[C@@H]2C(OCc3ccccc3)[C@@H](OCCSCc3ccccc3)OC(C(=O)OC)[C@@H]2OCc2ccccc2)C(OCc2ccccc2)[C@@H](C)[C@H]1O[C@H]1OC(C)[C@H](NC(=O)OCc2ccccc2)[C@H](C)C1N=[N+]=[N-]. The first kappa shape index (κ1) is 59.7. The van der Waals surface area contributed by atoms with Gasteiger partial charge in [0.15, 0.2) is 31.1 Å². The fraction of sp³-hybridized carbons (Fsp3) is 0.450. The summed E-state index contributed by atoms with van der Waals surface area (Å²) in [5.74, 6) is -1.64. The second-order valence-electron chi connectivity index (χ2n) is 19.6. The lowest BCUT2D eigenvalue weighted by Gasteiger charge is -2.50. The molecule has 8 rings (SSSR count). The molecule has 0 saturated carbocycles. The van der Waals surface area contributed by atoms with Crippen molar-refractivity contribution in [2.24, 2.45) is 17.0 Å². The average Bonchev–Trinajstić information content (AvgIpc) is 3.49. The van der Waals surface area contributed by atoms with Crippen LogP contribution in [0.4, 0.5) is 4.79 Å². The van der Waals surface area contributed by atoms with Gasteiger partial charge >= 0.3 is 18.0 Å². The van der Waals surface area contributed by atoms with E-state index in [-0.39, 0.29) is 33.0 Å². The third kappa shape index (κ3) is 16.2. The topological polar surface area (TPSA) is 223 Å². The first-order valence-corrected chi connectivity index (χ1v) is 27.8. The number of methoxy groups -OCH3 is 2. The van der Waals surface area contributed by atoms with Gasteiger partial charge in [-0.05, 0) is 46.2 Å². The summed E-state index contributed by atoms with van der Waals surface area (Å²) in [6, 6.07) is 46.0. The van der Waals surface area contributed by atoms with Crippen LogP contribution in [0.1, 0.15) is 48.6 Å². The van der Waals surface area contributed by atoms with Crippen LogP contribution in [0.5, 0.6) is 0 Å². The standard InChI is InChI=1S/C60H70N4O15S/c1-38-46(62-60(67)74-36-44-27-17-9-18-28-44)40(3)75-57(47(38)63-64-61)76-48-39(2)49(71-33-41-21-11-6-12-22-41)59(79-52(48)55(65)68-4)77-51-50(72-34-42-23-13-7-14-24-42)53(56(66)69-5)78-58(54(51)73-35-43-25-15-8-16-26-43)70-31-32-80-37-45-29-19-10-20-30-45/h6-30,38-40,46-54,57-59H,31-37H2,1-5H3,(H,62,67)/t38-,39-,40?,46+,47?,48+,49?,50+,51-,52?,53?,54?,57+,58-,59-/m0/s1. The molecule has 3 aliphatic rings. The zero-order chi connectivity index (χ0) is 56.2. The van der Waals surface area contributed by atoms with E-state index >= 15 is 0 Å². The Kier molecular flexibility index (Phi) is 22.7. The summed E-state index contributed by atoms with van der Waals surface area (Å²) in [5.41, 5.74) is 14.3. The molecule has 0 radical (unpaired) electrons. The number of alkyl carbamates (subject to hydrolysis) is 1. The van der Waals surface area contributed by atoms with E-state index < -0.39 is 110 Å². The lowest BCUT2D eigenvalue weighted by molar-refractivity contribution is -0.370. The molecule has 426 valence electrons. The van der Waals surface area contributed by atoms with Gasteiger partial charge in [0.1, 0.15) is 37.1 Å². The van der Waals surface area contributed by atoms with Crippen molar-refractivity contribution < 1.29 is 71.2 Å². The summed E-state index contributed by atoms with van der Waals surface area (Å²) < 4.78 is 77.1. The van der Waals surface area contributed by atoms with E-state index in [2.05, 4.69) is 27.5 Å². The number of rotatable bonds is 25. The van der Waals surface area contributed by atoms with Crippen LogP contribution >= 0.6 is 11.8 Å². The van der Waals surface area contributed by atoms with E-state index in [0.717, 1.165) is 33.6 Å². The third-order valence-corrected chi connectivity index (χ3v) is 15.2. The predicted molar refractivity (Wildman–Crippen MR) is 294 cm³/mol. The zero-order valence-corrected chi connectivity index (χ0v) is 46.2. The second-order valence-corrected chi connectivity index (χ2v) is 20.8. The molecule has 0 aliphatic carbocycles. The summed E-state index contributed by atoms with van der Waals surface area (Å²) in [6.07, 6.45) is -14.1. The van der Waals surface area contributed by atoms with Gasteiger partial charge in [-0.2, -0.15) is 11.8 Å². The van der Waals surface area contributed by atoms with Gasteiger partial charge in [0.05, 0.1) is 58.8 Å². The highest BCUT2D eigenvalue weighted by molar-refractivity contribution is 7.98. The number of hydrogen-bond donors (Lipinski definition) is 1. The third-order valence-electron chi connectivity index (χ3n) is 14.2. The number of thioether (sulfide) groups is 1. The van der Waals surface area contributed by atoms with Crippen LogP contribution < -0.4 is 5.32 Å². The molecule has 1 N–H and O–H groups in total. The van der Waals surface area contributed by atoms with Gasteiger partial charge in [-0.1, -0.05) is 171 Å². The van der Waals surface area contributed by atoms with Gasteiger partial charge in [-0.15, -0.1) is 0 Å². The molecule has 5 aromatic rings. The molecule has 19 nitrogen and oxygen atoms in total. The molecule has 0 bridgehead atoms. The van der Waals surface area contributed by atoms with Gasteiger partial charge in [0, 0.05) is 22.3 Å². The summed E-state index contributed by atoms with van der Waals surface area (Å²) in [4.78, 5) is 44.6. The summed E-state index contributed by atoms with van der Waals surface area (Å²) >= 11 is 1.67. The zero-order valence-electron chi connectivity index (χ0n) is 45.4. The summed E-state index contributed by atoms with van der Waals surface area (Å²) in [6.45, 7) is 5.73. The second kappa shape index (κ2) is 30.4. The van der Waals surface area contributed by atoms with E-state index in [1.54, 1.807) is 25.6 Å². The number of amides is 1. The van der Waals surface area contributed by atoms with Crippen molar-refractivity contribution in [1.82, 2.24) is 5.32 Å². The number of ether oxygens (including phenoxy) is 12. The van der Waals surface area contributed by atoms with Crippen molar-refractivity contribution in [1.29, 1.82) is 0 Å². The molecule has 3 heterocycles. The lowest BCUT2D eigenvalue weighted by Crippen LogP contribution is -2.66. The maximum Gasteiger partial charge on any atom is 0.407 e. The number of nitrogens with zero attached hydrogens (tertiary/aromatic N) is 3. The summed E-state index contributed by atoms with van der Waals surface area (Å²) in [5, 5.41) is 6.99. The van der Waals surface area contributed by atoms with Crippen molar-refractivity contribution >= 4 is 29.8 Å². The average molecular weight is 1120 g/mol. The minimum Gasteiger partial charge on any atom is -0.467 e. The lowest BCUT2D eigenvalue weighted by atomic mass is 9.86. The van der Waals surface area contributed by atoms with Crippen LogP contribution in [-0.4, -0.2) is 124 Å². The monoisotopic (exact) mass is 1120 g/mol. The molecular weight excluding hydrogens is 1050 g/mol. The Morgan fingerprint density at radius 2 is 1.00 bits per heavy atom. The highest BCUT2D eigenvalue weighted by Gasteiger charge is 2.57. The quantitative estimate of drug-likeness (QED) is 0.0144. The van der Waals surface area contributed by atoms with E-state index in [0.29, 0.717) is 5.75 Å². The Bertz CT molecular complexity index is 2720. The first-order chi connectivity index (χ1) is 39.0. The Morgan fingerprint density at radius 1 is 0.537 bits per heavy atom. The van der Waals surface area contributed by atoms with Crippen LogP contribution in [0.3, 0.4) is 0 Å². The predicted octanol–water partition coefficient (Wildman–Crippen LogP) is 9.25. The molecule has 6 unspecified atom stereocenters. The minimum absolute atomic E-state index is 0.0155. The largest absolute Gasteiger partial charge is 0.467 e. The Hall–Kier alpha value is -6.39. The number of hydrogen-bond acceptors (Lipinski definition) is 17. The van der Waals surface area contributed by atoms with E-state index in [4.69, 9.17) is 56.8 Å². The van der Waals surface area contributed by atoms with Crippen molar-refractivity contribution in [2.75, 3.05) is 26.6 Å². The number of azide groups is 1. The molecule has 3 fully saturated rings. The number of carbonyl (C=O) groups is 3. The van der Waals surface area contributed by atoms with Crippen molar-refractivity contribution in [3.8, 4) is 0 Å².